The first-order valence-electron chi connectivity index (χ1n) is 10.2. The Labute approximate surface area is 172 Å². The quantitative estimate of drug-likeness (QED) is 0.399. The molecule has 0 bridgehead atoms. The highest BCUT2D eigenvalue weighted by Gasteiger charge is 2.24. The van der Waals surface area contributed by atoms with E-state index in [2.05, 4.69) is 37.4 Å². The lowest BCUT2D eigenvalue weighted by Gasteiger charge is -2.15. The summed E-state index contributed by atoms with van der Waals surface area (Å²) in [5, 5.41) is 0. The third-order valence-corrected chi connectivity index (χ3v) is 5.14. The summed E-state index contributed by atoms with van der Waals surface area (Å²) in [6.45, 7) is 10.7. The van der Waals surface area contributed by atoms with Crippen LogP contribution < -0.4 is 9.47 Å². The maximum absolute atomic E-state index is 5.85. The highest BCUT2D eigenvalue weighted by Crippen LogP contribution is 2.26. The van der Waals surface area contributed by atoms with E-state index < -0.39 is 0 Å². The molecule has 0 spiro atoms. The van der Waals surface area contributed by atoms with Gasteiger partial charge in [0.2, 0.25) is 0 Å². The molecular formula is C25H28O4. The second kappa shape index (κ2) is 9.29. The average Bonchev–Trinajstić information content (AvgIpc) is 3.63. The van der Waals surface area contributed by atoms with Gasteiger partial charge in [-0.15, -0.1) is 13.2 Å². The van der Waals surface area contributed by atoms with Crippen LogP contribution in [0.25, 0.3) is 0 Å². The van der Waals surface area contributed by atoms with Gasteiger partial charge in [-0.2, -0.15) is 0 Å². The van der Waals surface area contributed by atoms with Gasteiger partial charge in [0.05, 0.1) is 13.2 Å². The summed E-state index contributed by atoms with van der Waals surface area (Å²) in [6, 6.07) is 12.7. The molecule has 4 heteroatoms. The monoisotopic (exact) mass is 392 g/mol. The van der Waals surface area contributed by atoms with Crippen LogP contribution in [-0.2, 0) is 28.7 Å². The van der Waals surface area contributed by atoms with Gasteiger partial charge >= 0.3 is 0 Å². The maximum atomic E-state index is 5.85. The van der Waals surface area contributed by atoms with Gasteiger partial charge in [0.15, 0.2) is 0 Å². The van der Waals surface area contributed by atoms with Crippen LogP contribution in [-0.4, -0.2) is 38.6 Å². The van der Waals surface area contributed by atoms with Crippen molar-refractivity contribution in [3.05, 3.63) is 84.0 Å². The van der Waals surface area contributed by atoms with Crippen molar-refractivity contribution in [1.82, 2.24) is 0 Å². The van der Waals surface area contributed by atoms with Gasteiger partial charge < -0.3 is 18.9 Å². The lowest BCUT2D eigenvalue weighted by molar-refractivity contribution is 0.263. The van der Waals surface area contributed by atoms with E-state index in [1.54, 1.807) is 0 Å². The minimum Gasteiger partial charge on any atom is -0.491 e. The number of allylic oxidation sites excluding steroid dienone is 2. The van der Waals surface area contributed by atoms with Crippen LogP contribution in [0.15, 0.2) is 61.7 Å². The van der Waals surface area contributed by atoms with Crippen LogP contribution in [0.5, 0.6) is 11.5 Å². The van der Waals surface area contributed by atoms with Crippen molar-refractivity contribution in [3.8, 4) is 11.5 Å². The zero-order valence-corrected chi connectivity index (χ0v) is 16.8. The second-order valence-electron chi connectivity index (χ2n) is 7.56. The molecule has 0 radical (unpaired) electrons. The molecule has 2 unspecified atom stereocenters. The standard InChI is InChI=1S/C25H28O4/c1-3-5-18-12-22(26-14-24-16-28-24)9-7-20(18)11-21-8-10-23(13-19(21)6-4-2)27-15-25-17-29-25/h3-4,7-10,12-13,24-25H,1-2,5-6,11,14-17H2. The molecular weight excluding hydrogens is 364 g/mol. The first-order chi connectivity index (χ1) is 14.2. The Morgan fingerprint density at radius 3 is 1.59 bits per heavy atom. The Bertz CT molecular complexity index is 794. The molecule has 4 rings (SSSR count). The van der Waals surface area contributed by atoms with Crippen molar-refractivity contribution in [2.75, 3.05) is 26.4 Å². The van der Waals surface area contributed by atoms with E-state index >= 15 is 0 Å². The van der Waals surface area contributed by atoms with Gasteiger partial charge in [0.25, 0.3) is 0 Å². The van der Waals surface area contributed by atoms with Gasteiger partial charge in [-0.05, 0) is 65.8 Å². The summed E-state index contributed by atoms with van der Waals surface area (Å²) in [4.78, 5) is 0. The van der Waals surface area contributed by atoms with E-state index in [4.69, 9.17) is 18.9 Å². The zero-order valence-electron chi connectivity index (χ0n) is 16.8. The van der Waals surface area contributed by atoms with Crippen molar-refractivity contribution < 1.29 is 18.9 Å². The summed E-state index contributed by atoms with van der Waals surface area (Å²) < 4.78 is 22.2. The fourth-order valence-electron chi connectivity index (χ4n) is 3.33. The number of ether oxygens (including phenoxy) is 4. The van der Waals surface area contributed by atoms with E-state index in [1.807, 2.05) is 24.3 Å². The normalized spacial score (nSPS) is 19.4. The maximum Gasteiger partial charge on any atom is 0.119 e. The first kappa shape index (κ1) is 19.7. The fourth-order valence-corrected chi connectivity index (χ4v) is 3.33. The average molecular weight is 392 g/mol. The molecule has 2 aromatic rings. The SMILES string of the molecule is C=CCc1cc(OCC2CO2)ccc1Cc1ccc(OCC2CO2)cc1CC=C. The van der Waals surface area contributed by atoms with Gasteiger partial charge in [0, 0.05) is 0 Å². The molecule has 152 valence electrons. The molecule has 0 aromatic heterocycles. The Morgan fingerprint density at radius 2 is 1.21 bits per heavy atom. The number of benzene rings is 2. The fraction of sp³-hybridized carbons (Fsp3) is 0.360. The molecule has 4 nitrogen and oxygen atoms in total. The molecule has 29 heavy (non-hydrogen) atoms. The van der Waals surface area contributed by atoms with Crippen molar-refractivity contribution >= 4 is 0 Å². The zero-order chi connectivity index (χ0) is 20.1. The van der Waals surface area contributed by atoms with Crippen LogP contribution in [0.2, 0.25) is 0 Å². The lowest BCUT2D eigenvalue weighted by Crippen LogP contribution is -2.06. The minimum absolute atomic E-state index is 0.256. The predicted molar refractivity (Wildman–Crippen MR) is 114 cm³/mol. The van der Waals surface area contributed by atoms with Crippen LogP contribution in [0.1, 0.15) is 22.3 Å². The summed E-state index contributed by atoms with van der Waals surface area (Å²) in [6.07, 6.45) is 6.86. The summed E-state index contributed by atoms with van der Waals surface area (Å²) in [5.74, 6) is 1.77. The lowest BCUT2D eigenvalue weighted by atomic mass is 9.93. The Kier molecular flexibility index (Phi) is 6.33. The number of hydrogen-bond donors (Lipinski definition) is 0. The number of rotatable bonds is 12. The molecule has 2 saturated heterocycles. The predicted octanol–water partition coefficient (Wildman–Crippen LogP) is 4.29. The summed E-state index contributed by atoms with van der Waals surface area (Å²) in [5.41, 5.74) is 5.05. The van der Waals surface area contributed by atoms with Gasteiger partial charge in [-0.3, -0.25) is 0 Å². The smallest absolute Gasteiger partial charge is 0.119 e. The Morgan fingerprint density at radius 1 is 0.759 bits per heavy atom. The molecule has 2 atom stereocenters. The van der Waals surface area contributed by atoms with Crippen LogP contribution in [0.3, 0.4) is 0 Å². The molecule has 2 fully saturated rings. The topological polar surface area (TPSA) is 43.5 Å². The molecule has 0 aliphatic carbocycles. The molecule has 0 saturated carbocycles. The summed E-state index contributed by atoms with van der Waals surface area (Å²) in [7, 11) is 0. The Hall–Kier alpha value is -2.56. The van der Waals surface area contributed by atoms with Gasteiger partial charge in [-0.25, -0.2) is 0 Å². The number of hydrogen-bond acceptors (Lipinski definition) is 4. The van der Waals surface area contributed by atoms with Crippen molar-refractivity contribution in [2.45, 2.75) is 31.5 Å². The van der Waals surface area contributed by atoms with E-state index in [9.17, 15) is 0 Å². The van der Waals surface area contributed by atoms with Gasteiger partial charge in [0.1, 0.15) is 36.9 Å². The van der Waals surface area contributed by atoms with Crippen molar-refractivity contribution in [2.24, 2.45) is 0 Å². The van der Waals surface area contributed by atoms with Crippen LogP contribution in [0.4, 0.5) is 0 Å². The molecule has 2 aliphatic heterocycles. The van der Waals surface area contributed by atoms with Crippen molar-refractivity contribution in [3.63, 3.8) is 0 Å². The summed E-state index contributed by atoms with van der Waals surface area (Å²) >= 11 is 0. The highest BCUT2D eigenvalue weighted by molar-refractivity contribution is 5.44. The second-order valence-corrected chi connectivity index (χ2v) is 7.56. The third kappa shape index (κ3) is 5.72. The molecule has 2 heterocycles. The van der Waals surface area contributed by atoms with E-state index in [0.29, 0.717) is 13.2 Å². The van der Waals surface area contributed by atoms with Crippen molar-refractivity contribution in [1.29, 1.82) is 0 Å². The number of epoxide rings is 2. The molecule has 0 amide bonds. The van der Waals surface area contributed by atoms with E-state index in [-0.39, 0.29) is 12.2 Å². The first-order valence-corrected chi connectivity index (χ1v) is 10.2. The minimum atomic E-state index is 0.256. The molecule has 2 aromatic carbocycles. The third-order valence-electron chi connectivity index (χ3n) is 5.14. The van der Waals surface area contributed by atoms with E-state index in [0.717, 1.165) is 44.0 Å². The molecule has 2 aliphatic rings. The Balaban J connectivity index is 1.50. The molecule has 0 N–H and O–H groups in total. The highest BCUT2D eigenvalue weighted by atomic mass is 16.6. The van der Waals surface area contributed by atoms with E-state index in [1.165, 1.54) is 22.3 Å². The van der Waals surface area contributed by atoms with Gasteiger partial charge in [-0.1, -0.05) is 24.3 Å². The van der Waals surface area contributed by atoms with Crippen LogP contribution >= 0.6 is 0 Å². The largest absolute Gasteiger partial charge is 0.491 e. The van der Waals surface area contributed by atoms with Crippen LogP contribution in [0, 0.1) is 0 Å².